The third kappa shape index (κ3) is 4.32. The van der Waals surface area contributed by atoms with Gasteiger partial charge in [0.2, 0.25) is 0 Å². The highest BCUT2D eigenvalue weighted by atomic mass is 32.2. The van der Waals surface area contributed by atoms with Crippen LogP contribution in [0.25, 0.3) is 0 Å². The van der Waals surface area contributed by atoms with Crippen LogP contribution < -0.4 is 4.74 Å². The van der Waals surface area contributed by atoms with Crippen LogP contribution in [0.2, 0.25) is 0 Å². The van der Waals surface area contributed by atoms with Gasteiger partial charge in [0.1, 0.15) is 5.75 Å². The first-order valence-electron chi connectivity index (χ1n) is 8.37. The summed E-state index contributed by atoms with van der Waals surface area (Å²) >= 11 is 1.95. The Morgan fingerprint density at radius 3 is 2.67 bits per heavy atom. The molecule has 0 spiro atoms. The van der Waals surface area contributed by atoms with Gasteiger partial charge in [0.05, 0.1) is 0 Å². The number of thioether (sulfide) groups is 1. The molecule has 3 rings (SSSR count). The van der Waals surface area contributed by atoms with Crippen LogP contribution in [0.15, 0.2) is 54.6 Å². The molecule has 1 heterocycles. The molecule has 0 radical (unpaired) electrons. The van der Waals surface area contributed by atoms with Crippen molar-refractivity contribution in [3.05, 3.63) is 65.7 Å². The lowest BCUT2D eigenvalue weighted by Gasteiger charge is -2.20. The zero-order chi connectivity index (χ0) is 16.8. The molecule has 1 aliphatic heterocycles. The number of amides is 1. The first-order valence-corrected chi connectivity index (χ1v) is 9.41. The number of carbonyl (C=O) groups is 1. The van der Waals surface area contributed by atoms with Gasteiger partial charge >= 0.3 is 0 Å². The second kappa shape index (κ2) is 8.25. The molecular weight excluding hydrogens is 318 g/mol. The minimum absolute atomic E-state index is 0.0740. The first-order chi connectivity index (χ1) is 11.7. The minimum Gasteiger partial charge on any atom is -0.484 e. The van der Waals surface area contributed by atoms with Crippen LogP contribution in [0.1, 0.15) is 22.8 Å². The molecule has 1 unspecified atom stereocenters. The zero-order valence-corrected chi connectivity index (χ0v) is 14.8. The zero-order valence-electron chi connectivity index (χ0n) is 14.0. The fraction of sp³-hybridized carbons (Fsp3) is 0.350. The van der Waals surface area contributed by atoms with Gasteiger partial charge < -0.3 is 9.64 Å². The number of hydrogen-bond donors (Lipinski definition) is 0. The van der Waals surface area contributed by atoms with E-state index in [0.717, 1.165) is 31.0 Å². The number of nitrogens with zero attached hydrogens (tertiary/aromatic N) is 1. The van der Waals surface area contributed by atoms with E-state index in [-0.39, 0.29) is 12.5 Å². The van der Waals surface area contributed by atoms with Gasteiger partial charge in [-0.05, 0) is 36.6 Å². The summed E-state index contributed by atoms with van der Waals surface area (Å²) in [7, 11) is 0. The van der Waals surface area contributed by atoms with Gasteiger partial charge in [0.25, 0.3) is 5.91 Å². The third-order valence-corrected chi connectivity index (χ3v) is 5.65. The van der Waals surface area contributed by atoms with Crippen LogP contribution >= 0.6 is 11.8 Å². The van der Waals surface area contributed by atoms with E-state index in [0.29, 0.717) is 5.25 Å². The second-order valence-corrected chi connectivity index (χ2v) is 7.30. The molecule has 0 saturated carbocycles. The maximum atomic E-state index is 12.4. The molecule has 1 amide bonds. The van der Waals surface area contributed by atoms with Crippen molar-refractivity contribution in [2.45, 2.75) is 18.6 Å². The van der Waals surface area contributed by atoms with Crippen LogP contribution in [0.4, 0.5) is 0 Å². The molecule has 3 nitrogen and oxygen atoms in total. The second-order valence-electron chi connectivity index (χ2n) is 5.99. The van der Waals surface area contributed by atoms with E-state index in [1.165, 1.54) is 11.1 Å². The number of carbonyl (C=O) groups excluding carboxylic acids is 1. The van der Waals surface area contributed by atoms with Crippen molar-refractivity contribution in [3.63, 3.8) is 0 Å². The molecule has 4 heteroatoms. The van der Waals surface area contributed by atoms with Gasteiger partial charge in [0.15, 0.2) is 6.61 Å². The van der Waals surface area contributed by atoms with Crippen molar-refractivity contribution in [2.24, 2.45) is 0 Å². The van der Waals surface area contributed by atoms with Crippen molar-refractivity contribution in [3.8, 4) is 5.75 Å². The monoisotopic (exact) mass is 341 g/mol. The standard InChI is InChI=1S/C20H23NO2S/c1-16-7-5-6-10-18(16)19-11-12-21(13-14-24-19)20(22)15-23-17-8-3-2-4-9-17/h2-10,19H,11-15H2,1H3. The van der Waals surface area contributed by atoms with E-state index in [1.54, 1.807) is 0 Å². The van der Waals surface area contributed by atoms with Gasteiger partial charge in [-0.1, -0.05) is 42.5 Å². The molecule has 2 aromatic rings. The first kappa shape index (κ1) is 16.9. The molecule has 0 aliphatic carbocycles. The molecule has 1 fully saturated rings. The van der Waals surface area contributed by atoms with Gasteiger partial charge in [-0.15, -0.1) is 0 Å². The highest BCUT2D eigenvalue weighted by Crippen LogP contribution is 2.35. The van der Waals surface area contributed by atoms with Gasteiger partial charge in [-0.2, -0.15) is 11.8 Å². The molecule has 0 N–H and O–H groups in total. The van der Waals surface area contributed by atoms with Crippen molar-refractivity contribution in [1.82, 2.24) is 4.90 Å². The van der Waals surface area contributed by atoms with Crippen molar-refractivity contribution >= 4 is 17.7 Å². The fourth-order valence-electron chi connectivity index (χ4n) is 2.97. The summed E-state index contributed by atoms with van der Waals surface area (Å²) in [5.74, 6) is 1.79. The van der Waals surface area contributed by atoms with Crippen LogP contribution in [-0.2, 0) is 4.79 Å². The third-order valence-electron chi connectivity index (χ3n) is 4.34. The average molecular weight is 341 g/mol. The Hall–Kier alpha value is -1.94. The fourth-order valence-corrected chi connectivity index (χ4v) is 4.30. The van der Waals surface area contributed by atoms with E-state index in [2.05, 4.69) is 31.2 Å². The van der Waals surface area contributed by atoms with Gasteiger partial charge in [-0.25, -0.2) is 0 Å². The predicted molar refractivity (Wildman–Crippen MR) is 99.5 cm³/mol. The predicted octanol–water partition coefficient (Wildman–Crippen LogP) is 4.08. The van der Waals surface area contributed by atoms with Crippen molar-refractivity contribution in [1.29, 1.82) is 0 Å². The highest BCUT2D eigenvalue weighted by Gasteiger charge is 2.23. The Bertz CT molecular complexity index is 674. The number of para-hydroxylation sites is 1. The molecule has 24 heavy (non-hydrogen) atoms. The minimum atomic E-state index is 0.0740. The summed E-state index contributed by atoms with van der Waals surface area (Å²) in [6.45, 7) is 3.87. The van der Waals surface area contributed by atoms with E-state index >= 15 is 0 Å². The number of aryl methyl sites for hydroxylation is 1. The Balaban J connectivity index is 1.55. The Kier molecular flexibility index (Phi) is 5.81. The summed E-state index contributed by atoms with van der Waals surface area (Å²) in [5.41, 5.74) is 2.74. The molecular formula is C20H23NO2S. The Labute approximate surface area is 148 Å². The topological polar surface area (TPSA) is 29.5 Å². The normalized spacial score (nSPS) is 18.0. The molecule has 1 atom stereocenters. The van der Waals surface area contributed by atoms with Crippen molar-refractivity contribution in [2.75, 3.05) is 25.4 Å². The largest absolute Gasteiger partial charge is 0.484 e. The molecule has 1 aliphatic rings. The van der Waals surface area contributed by atoms with Gasteiger partial charge in [-0.3, -0.25) is 4.79 Å². The van der Waals surface area contributed by atoms with E-state index in [1.807, 2.05) is 47.0 Å². The molecule has 1 saturated heterocycles. The molecule has 126 valence electrons. The summed E-state index contributed by atoms with van der Waals surface area (Å²) < 4.78 is 5.59. The molecule has 2 aromatic carbocycles. The lowest BCUT2D eigenvalue weighted by Crippen LogP contribution is -2.36. The summed E-state index contributed by atoms with van der Waals surface area (Å²) in [6.07, 6.45) is 0.993. The average Bonchev–Trinajstić information content (AvgIpc) is 2.87. The maximum absolute atomic E-state index is 12.4. The Morgan fingerprint density at radius 1 is 1.12 bits per heavy atom. The molecule has 0 aromatic heterocycles. The van der Waals surface area contributed by atoms with Crippen LogP contribution in [0, 0.1) is 6.92 Å². The number of rotatable bonds is 4. The number of ether oxygens (including phenoxy) is 1. The quantitative estimate of drug-likeness (QED) is 0.839. The van der Waals surface area contributed by atoms with Crippen LogP contribution in [-0.4, -0.2) is 36.3 Å². The SMILES string of the molecule is Cc1ccccc1C1CCN(C(=O)COc2ccccc2)CCS1. The summed E-state index contributed by atoms with van der Waals surface area (Å²) in [6, 6.07) is 18.1. The summed E-state index contributed by atoms with van der Waals surface area (Å²) in [5, 5.41) is 0.471. The van der Waals surface area contributed by atoms with Gasteiger partial charge in [0, 0.05) is 24.1 Å². The number of hydrogen-bond acceptors (Lipinski definition) is 3. The van der Waals surface area contributed by atoms with E-state index in [9.17, 15) is 4.79 Å². The summed E-state index contributed by atoms with van der Waals surface area (Å²) in [4.78, 5) is 14.4. The molecule has 0 bridgehead atoms. The van der Waals surface area contributed by atoms with Crippen LogP contribution in [0.3, 0.4) is 0 Å². The highest BCUT2D eigenvalue weighted by molar-refractivity contribution is 7.99. The Morgan fingerprint density at radius 2 is 1.88 bits per heavy atom. The van der Waals surface area contributed by atoms with E-state index in [4.69, 9.17) is 4.74 Å². The van der Waals surface area contributed by atoms with Crippen molar-refractivity contribution < 1.29 is 9.53 Å². The maximum Gasteiger partial charge on any atom is 0.260 e. The van der Waals surface area contributed by atoms with Crippen LogP contribution in [0.5, 0.6) is 5.75 Å². The van der Waals surface area contributed by atoms with E-state index < -0.39 is 0 Å². The lowest BCUT2D eigenvalue weighted by atomic mass is 10.0. The number of benzene rings is 2. The smallest absolute Gasteiger partial charge is 0.260 e. The lowest BCUT2D eigenvalue weighted by molar-refractivity contribution is -0.133.